The molecule has 0 saturated carbocycles. The number of halogens is 2. The highest BCUT2D eigenvalue weighted by Gasteiger charge is 2.30. The van der Waals surface area contributed by atoms with Gasteiger partial charge in [0.2, 0.25) is 0 Å². The highest BCUT2D eigenvalue weighted by molar-refractivity contribution is 6.34. The predicted octanol–water partition coefficient (Wildman–Crippen LogP) is 2.96. The van der Waals surface area contributed by atoms with Crippen LogP contribution in [0, 0.1) is 0 Å². The van der Waals surface area contributed by atoms with Crippen LogP contribution in [0.2, 0.25) is 10.0 Å². The average Bonchev–Trinajstić information content (AvgIpc) is 2.17. The lowest BCUT2D eigenvalue weighted by molar-refractivity contribution is 0.0522. The molecule has 0 atom stereocenters. The van der Waals surface area contributed by atoms with Gasteiger partial charge in [-0.05, 0) is 36.6 Å². The third-order valence-corrected chi connectivity index (χ3v) is 3.26. The van der Waals surface area contributed by atoms with E-state index in [-0.39, 0.29) is 5.54 Å². The van der Waals surface area contributed by atoms with Crippen molar-refractivity contribution in [1.29, 1.82) is 0 Å². The molecule has 2 nitrogen and oxygen atoms in total. The first-order chi connectivity index (χ1) is 7.10. The van der Waals surface area contributed by atoms with Gasteiger partial charge in [0.15, 0.2) is 0 Å². The number of ether oxygens (including phenoxy) is 1. The Morgan fingerprint density at radius 2 is 1.60 bits per heavy atom. The van der Waals surface area contributed by atoms with Gasteiger partial charge in [-0.2, -0.15) is 0 Å². The second-order valence-corrected chi connectivity index (χ2v) is 4.80. The number of hydrogen-bond donors (Lipinski definition) is 1. The van der Waals surface area contributed by atoms with Crippen LogP contribution >= 0.6 is 23.2 Å². The van der Waals surface area contributed by atoms with Crippen molar-refractivity contribution in [1.82, 2.24) is 0 Å². The average molecular weight is 246 g/mol. The molecule has 0 unspecified atom stereocenters. The number of benzene rings is 1. The number of rotatable bonds is 1. The van der Waals surface area contributed by atoms with Crippen LogP contribution in [-0.4, -0.2) is 13.2 Å². The molecule has 0 radical (unpaired) electrons. The Morgan fingerprint density at radius 1 is 1.07 bits per heavy atom. The van der Waals surface area contributed by atoms with Crippen molar-refractivity contribution < 1.29 is 4.74 Å². The van der Waals surface area contributed by atoms with Crippen molar-refractivity contribution >= 4 is 23.2 Å². The Labute approximate surface area is 99.3 Å². The van der Waals surface area contributed by atoms with Crippen LogP contribution in [0.3, 0.4) is 0 Å². The lowest BCUT2D eigenvalue weighted by Gasteiger charge is -2.34. The van der Waals surface area contributed by atoms with Crippen molar-refractivity contribution in [3.05, 3.63) is 33.8 Å². The first-order valence-corrected chi connectivity index (χ1v) is 5.69. The molecule has 1 saturated heterocycles. The van der Waals surface area contributed by atoms with Gasteiger partial charge in [-0.3, -0.25) is 0 Å². The molecule has 2 rings (SSSR count). The van der Waals surface area contributed by atoms with E-state index in [1.165, 1.54) is 0 Å². The van der Waals surface area contributed by atoms with E-state index in [1.807, 2.05) is 12.1 Å². The van der Waals surface area contributed by atoms with E-state index < -0.39 is 0 Å². The predicted molar refractivity (Wildman–Crippen MR) is 62.4 cm³/mol. The quantitative estimate of drug-likeness (QED) is 0.826. The lowest BCUT2D eigenvalue weighted by atomic mass is 9.84. The largest absolute Gasteiger partial charge is 0.381 e. The third kappa shape index (κ3) is 2.45. The highest BCUT2D eigenvalue weighted by Crippen LogP contribution is 2.32. The topological polar surface area (TPSA) is 35.2 Å². The molecule has 0 aromatic heterocycles. The monoisotopic (exact) mass is 245 g/mol. The van der Waals surface area contributed by atoms with Crippen LogP contribution in [0.1, 0.15) is 18.4 Å². The zero-order valence-electron chi connectivity index (χ0n) is 8.30. The fraction of sp³-hybridized carbons (Fsp3) is 0.455. The van der Waals surface area contributed by atoms with Crippen LogP contribution in [0.15, 0.2) is 18.2 Å². The molecule has 1 fully saturated rings. The van der Waals surface area contributed by atoms with Crippen LogP contribution in [0.5, 0.6) is 0 Å². The second kappa shape index (κ2) is 4.30. The summed E-state index contributed by atoms with van der Waals surface area (Å²) in [7, 11) is 0. The van der Waals surface area contributed by atoms with Gasteiger partial charge >= 0.3 is 0 Å². The molecule has 0 amide bonds. The minimum Gasteiger partial charge on any atom is -0.381 e. The molecule has 0 aliphatic carbocycles. The van der Waals surface area contributed by atoms with E-state index in [4.69, 9.17) is 33.7 Å². The summed E-state index contributed by atoms with van der Waals surface area (Å²) in [6.07, 6.45) is 1.62. The third-order valence-electron chi connectivity index (χ3n) is 2.82. The molecular formula is C11H13Cl2NO. The fourth-order valence-corrected chi connectivity index (χ4v) is 2.39. The normalized spacial score (nSPS) is 20.2. The SMILES string of the molecule is NC1(c2cc(Cl)cc(Cl)c2)CCOCC1. The highest BCUT2D eigenvalue weighted by atomic mass is 35.5. The maximum Gasteiger partial charge on any atom is 0.0486 e. The van der Waals surface area contributed by atoms with E-state index in [2.05, 4.69) is 0 Å². The molecule has 4 heteroatoms. The Kier molecular flexibility index (Phi) is 3.21. The molecule has 15 heavy (non-hydrogen) atoms. The smallest absolute Gasteiger partial charge is 0.0486 e. The molecule has 1 aliphatic heterocycles. The fourth-order valence-electron chi connectivity index (χ4n) is 1.87. The van der Waals surface area contributed by atoms with Gasteiger partial charge in [-0.25, -0.2) is 0 Å². The summed E-state index contributed by atoms with van der Waals surface area (Å²) >= 11 is 11.9. The molecule has 82 valence electrons. The molecule has 0 spiro atoms. The molecule has 2 N–H and O–H groups in total. The molecule has 1 heterocycles. The van der Waals surface area contributed by atoms with E-state index >= 15 is 0 Å². The van der Waals surface area contributed by atoms with E-state index in [1.54, 1.807) is 6.07 Å². The molecular weight excluding hydrogens is 233 g/mol. The van der Waals surface area contributed by atoms with Crippen molar-refractivity contribution in [2.75, 3.05) is 13.2 Å². The molecule has 1 aliphatic rings. The van der Waals surface area contributed by atoms with Crippen LogP contribution in [-0.2, 0) is 10.3 Å². The summed E-state index contributed by atoms with van der Waals surface area (Å²) in [4.78, 5) is 0. The van der Waals surface area contributed by atoms with Gasteiger partial charge in [-0.15, -0.1) is 0 Å². The van der Waals surface area contributed by atoms with Crippen molar-refractivity contribution in [2.45, 2.75) is 18.4 Å². The van der Waals surface area contributed by atoms with E-state index in [0.717, 1.165) is 18.4 Å². The maximum absolute atomic E-state index is 6.32. The minimum atomic E-state index is -0.340. The Hall–Kier alpha value is -0.280. The summed E-state index contributed by atoms with van der Waals surface area (Å²) < 4.78 is 5.30. The first-order valence-electron chi connectivity index (χ1n) is 4.93. The van der Waals surface area contributed by atoms with Crippen molar-refractivity contribution in [3.63, 3.8) is 0 Å². The second-order valence-electron chi connectivity index (χ2n) is 3.93. The number of nitrogens with two attached hydrogens (primary N) is 1. The lowest BCUT2D eigenvalue weighted by Crippen LogP contribution is -2.42. The molecule has 1 aromatic rings. The summed E-state index contributed by atoms with van der Waals surface area (Å²) in [5.74, 6) is 0. The van der Waals surface area contributed by atoms with Gasteiger partial charge in [-0.1, -0.05) is 23.2 Å². The van der Waals surface area contributed by atoms with Gasteiger partial charge in [0.1, 0.15) is 0 Å². The van der Waals surface area contributed by atoms with Gasteiger partial charge < -0.3 is 10.5 Å². The van der Waals surface area contributed by atoms with Gasteiger partial charge in [0.05, 0.1) is 0 Å². The van der Waals surface area contributed by atoms with Crippen LogP contribution in [0.25, 0.3) is 0 Å². The Morgan fingerprint density at radius 3 is 2.13 bits per heavy atom. The summed E-state index contributed by atoms with van der Waals surface area (Å²) in [5.41, 5.74) is 6.98. The summed E-state index contributed by atoms with van der Waals surface area (Å²) in [6, 6.07) is 5.49. The molecule has 0 bridgehead atoms. The maximum atomic E-state index is 6.32. The Bertz CT molecular complexity index is 341. The number of hydrogen-bond acceptors (Lipinski definition) is 2. The van der Waals surface area contributed by atoms with E-state index in [9.17, 15) is 0 Å². The van der Waals surface area contributed by atoms with E-state index in [0.29, 0.717) is 23.3 Å². The standard InChI is InChI=1S/C11H13Cl2NO/c12-9-5-8(6-10(13)7-9)11(14)1-3-15-4-2-11/h5-7H,1-4,14H2. The molecule has 1 aromatic carbocycles. The van der Waals surface area contributed by atoms with Crippen LogP contribution in [0.4, 0.5) is 0 Å². The zero-order chi connectivity index (χ0) is 10.9. The Balaban J connectivity index is 2.34. The summed E-state index contributed by atoms with van der Waals surface area (Å²) in [6.45, 7) is 1.39. The van der Waals surface area contributed by atoms with Crippen molar-refractivity contribution in [3.8, 4) is 0 Å². The van der Waals surface area contributed by atoms with Crippen LogP contribution < -0.4 is 5.73 Å². The first kappa shape index (κ1) is 11.2. The van der Waals surface area contributed by atoms with Gasteiger partial charge in [0, 0.05) is 28.8 Å². The van der Waals surface area contributed by atoms with Gasteiger partial charge in [0.25, 0.3) is 0 Å². The minimum absolute atomic E-state index is 0.340. The zero-order valence-corrected chi connectivity index (χ0v) is 9.81. The van der Waals surface area contributed by atoms with Crippen molar-refractivity contribution in [2.24, 2.45) is 5.73 Å². The summed E-state index contributed by atoms with van der Waals surface area (Å²) in [5, 5.41) is 1.27.